The third-order valence-electron chi connectivity index (χ3n) is 3.96. The molecule has 0 saturated heterocycles. The van der Waals surface area contributed by atoms with Gasteiger partial charge in [0.1, 0.15) is 6.54 Å². The second-order valence-electron chi connectivity index (χ2n) is 5.89. The van der Waals surface area contributed by atoms with Crippen LogP contribution in [0.1, 0.15) is 22.8 Å². The first-order valence-electron chi connectivity index (χ1n) is 8.50. The van der Waals surface area contributed by atoms with Crippen molar-refractivity contribution in [3.63, 3.8) is 0 Å². The number of thioether (sulfide) groups is 1. The Labute approximate surface area is 165 Å². The van der Waals surface area contributed by atoms with E-state index in [1.165, 1.54) is 11.3 Å². The summed E-state index contributed by atoms with van der Waals surface area (Å²) < 4.78 is 7.79. The molecule has 0 unspecified atom stereocenters. The summed E-state index contributed by atoms with van der Waals surface area (Å²) in [5.41, 5.74) is 2.49. The van der Waals surface area contributed by atoms with Crippen LogP contribution in [0.3, 0.4) is 0 Å². The molecule has 0 spiro atoms. The van der Waals surface area contributed by atoms with Crippen LogP contribution in [0.5, 0.6) is 0 Å². The molecule has 1 aromatic heterocycles. The van der Waals surface area contributed by atoms with Gasteiger partial charge in [-0.15, -0.1) is 11.8 Å². The van der Waals surface area contributed by atoms with Gasteiger partial charge in [-0.05, 0) is 62.1 Å². The molecule has 0 bridgehead atoms. The number of thiazole rings is 1. The van der Waals surface area contributed by atoms with E-state index in [2.05, 4.69) is 4.99 Å². The molecule has 0 saturated carbocycles. The highest BCUT2D eigenvalue weighted by molar-refractivity contribution is 7.98. The van der Waals surface area contributed by atoms with Crippen molar-refractivity contribution < 1.29 is 14.3 Å². The Morgan fingerprint density at radius 1 is 1.19 bits per heavy atom. The first kappa shape index (κ1) is 19.4. The Balaban J connectivity index is 2.06. The molecule has 0 fully saturated rings. The van der Waals surface area contributed by atoms with Gasteiger partial charge >= 0.3 is 5.97 Å². The molecule has 0 atom stereocenters. The number of hydrogen-bond acceptors (Lipinski definition) is 5. The van der Waals surface area contributed by atoms with Gasteiger partial charge in [-0.3, -0.25) is 9.59 Å². The number of rotatable bonds is 5. The molecule has 7 heteroatoms. The summed E-state index contributed by atoms with van der Waals surface area (Å²) in [5.74, 6) is -0.681. The van der Waals surface area contributed by atoms with Crippen molar-refractivity contribution in [3.05, 3.63) is 58.4 Å². The number of nitrogens with zero attached hydrogens (tertiary/aromatic N) is 2. The summed E-state index contributed by atoms with van der Waals surface area (Å²) in [5, 5.41) is 0. The van der Waals surface area contributed by atoms with Crippen molar-refractivity contribution in [2.24, 2.45) is 4.99 Å². The van der Waals surface area contributed by atoms with Crippen molar-refractivity contribution in [1.82, 2.24) is 4.57 Å². The fourth-order valence-electron chi connectivity index (χ4n) is 2.64. The number of fused-ring (bicyclic) bond motifs is 1. The fraction of sp³-hybridized carbons (Fsp3) is 0.250. The molecule has 0 aliphatic carbocycles. The van der Waals surface area contributed by atoms with E-state index in [1.807, 2.05) is 43.5 Å². The number of aryl methyl sites for hydroxylation is 1. The van der Waals surface area contributed by atoms with E-state index in [1.54, 1.807) is 35.4 Å². The van der Waals surface area contributed by atoms with Crippen LogP contribution in [0.25, 0.3) is 10.2 Å². The molecule has 0 aliphatic heterocycles. The largest absolute Gasteiger partial charge is 0.465 e. The average Bonchev–Trinajstić information content (AvgIpc) is 2.98. The number of amides is 1. The predicted octanol–water partition coefficient (Wildman–Crippen LogP) is 4.04. The number of esters is 1. The molecular weight excluding hydrogens is 380 g/mol. The molecule has 5 nitrogen and oxygen atoms in total. The molecule has 3 aromatic rings. The van der Waals surface area contributed by atoms with E-state index >= 15 is 0 Å². The van der Waals surface area contributed by atoms with Gasteiger partial charge in [-0.25, -0.2) is 0 Å². The van der Waals surface area contributed by atoms with Gasteiger partial charge < -0.3 is 9.30 Å². The highest BCUT2D eigenvalue weighted by Gasteiger charge is 2.13. The van der Waals surface area contributed by atoms with Crippen LogP contribution in [-0.4, -0.2) is 29.3 Å². The van der Waals surface area contributed by atoms with E-state index in [0.717, 1.165) is 20.7 Å². The predicted molar refractivity (Wildman–Crippen MR) is 109 cm³/mol. The Hall–Kier alpha value is -2.38. The average molecular weight is 401 g/mol. The molecule has 3 rings (SSSR count). The van der Waals surface area contributed by atoms with Crippen LogP contribution in [0.2, 0.25) is 0 Å². The smallest absolute Gasteiger partial charge is 0.326 e. The van der Waals surface area contributed by atoms with E-state index in [9.17, 15) is 9.59 Å². The molecule has 140 valence electrons. The van der Waals surface area contributed by atoms with Crippen LogP contribution >= 0.6 is 23.1 Å². The Morgan fingerprint density at radius 3 is 2.59 bits per heavy atom. The third kappa shape index (κ3) is 4.48. The lowest BCUT2D eigenvalue weighted by molar-refractivity contribution is -0.143. The highest BCUT2D eigenvalue weighted by atomic mass is 32.2. The maximum Gasteiger partial charge on any atom is 0.326 e. The zero-order valence-corrected chi connectivity index (χ0v) is 17.0. The zero-order valence-electron chi connectivity index (χ0n) is 15.4. The van der Waals surface area contributed by atoms with Crippen molar-refractivity contribution >= 4 is 45.2 Å². The summed E-state index contributed by atoms with van der Waals surface area (Å²) in [6, 6.07) is 13.3. The lowest BCUT2D eigenvalue weighted by Crippen LogP contribution is -2.23. The maximum atomic E-state index is 12.6. The minimum atomic E-state index is -0.351. The summed E-state index contributed by atoms with van der Waals surface area (Å²) in [6.45, 7) is 4.11. The topological polar surface area (TPSA) is 60.7 Å². The van der Waals surface area contributed by atoms with E-state index in [-0.39, 0.29) is 18.4 Å². The molecule has 0 radical (unpaired) electrons. The molecule has 1 heterocycles. The summed E-state index contributed by atoms with van der Waals surface area (Å²) >= 11 is 3.01. The zero-order chi connectivity index (χ0) is 19.4. The van der Waals surface area contributed by atoms with Gasteiger partial charge in [-0.2, -0.15) is 4.99 Å². The molecule has 0 N–H and O–H groups in total. The van der Waals surface area contributed by atoms with Gasteiger partial charge in [-0.1, -0.05) is 17.4 Å². The minimum absolute atomic E-state index is 0.0222. The second kappa shape index (κ2) is 8.54. The molecule has 0 aliphatic rings. The van der Waals surface area contributed by atoms with Crippen molar-refractivity contribution in [2.75, 3.05) is 12.9 Å². The number of hydrogen-bond donors (Lipinski definition) is 0. The molecule has 2 aromatic carbocycles. The molecular formula is C20H20N2O3S2. The van der Waals surface area contributed by atoms with E-state index < -0.39 is 0 Å². The number of carbonyl (C=O) groups is 2. The normalized spacial score (nSPS) is 11.7. The number of aromatic nitrogens is 1. The Kier molecular flexibility index (Phi) is 6.13. The summed E-state index contributed by atoms with van der Waals surface area (Å²) in [4.78, 5) is 30.5. The van der Waals surface area contributed by atoms with Crippen LogP contribution in [0.4, 0.5) is 0 Å². The molecule has 27 heavy (non-hydrogen) atoms. The maximum absolute atomic E-state index is 12.6. The first-order chi connectivity index (χ1) is 13.0. The third-order valence-corrected chi connectivity index (χ3v) is 5.75. The van der Waals surface area contributed by atoms with Crippen LogP contribution in [0, 0.1) is 6.92 Å². The van der Waals surface area contributed by atoms with Gasteiger partial charge in [0.05, 0.1) is 16.8 Å². The Morgan fingerprint density at radius 2 is 1.93 bits per heavy atom. The number of carbonyl (C=O) groups excluding carboxylic acids is 2. The van der Waals surface area contributed by atoms with E-state index in [0.29, 0.717) is 17.0 Å². The van der Waals surface area contributed by atoms with Crippen molar-refractivity contribution in [3.8, 4) is 0 Å². The molecule has 1 amide bonds. The van der Waals surface area contributed by atoms with Gasteiger partial charge in [0.2, 0.25) is 0 Å². The minimum Gasteiger partial charge on any atom is -0.465 e. The van der Waals surface area contributed by atoms with Crippen molar-refractivity contribution in [1.29, 1.82) is 0 Å². The lowest BCUT2D eigenvalue weighted by Gasteiger charge is -2.05. The SMILES string of the molecule is CCOC(=O)Cn1c(=NC(=O)c2ccc(SC)cc2)sc2cc(C)ccc21. The number of benzene rings is 2. The van der Waals surface area contributed by atoms with Gasteiger partial charge in [0.25, 0.3) is 5.91 Å². The van der Waals surface area contributed by atoms with Gasteiger partial charge in [0, 0.05) is 10.5 Å². The van der Waals surface area contributed by atoms with Crippen LogP contribution < -0.4 is 4.80 Å². The highest BCUT2D eigenvalue weighted by Crippen LogP contribution is 2.20. The monoisotopic (exact) mass is 400 g/mol. The quantitative estimate of drug-likeness (QED) is 0.479. The standard InChI is InChI=1S/C20H20N2O3S2/c1-4-25-18(23)12-22-16-10-5-13(2)11-17(16)27-20(22)21-19(24)14-6-8-15(26-3)9-7-14/h5-11H,4,12H2,1-3H3. The Bertz CT molecular complexity index is 1050. The van der Waals surface area contributed by atoms with Crippen LogP contribution in [0.15, 0.2) is 52.4 Å². The lowest BCUT2D eigenvalue weighted by atomic mass is 10.2. The first-order valence-corrected chi connectivity index (χ1v) is 10.5. The summed E-state index contributed by atoms with van der Waals surface area (Å²) in [6.07, 6.45) is 1.98. The fourth-order valence-corrected chi connectivity index (χ4v) is 4.17. The van der Waals surface area contributed by atoms with E-state index in [4.69, 9.17) is 4.74 Å². The van der Waals surface area contributed by atoms with Crippen LogP contribution in [-0.2, 0) is 16.1 Å². The van der Waals surface area contributed by atoms with Gasteiger partial charge in [0.15, 0.2) is 4.80 Å². The second-order valence-corrected chi connectivity index (χ2v) is 7.78. The van der Waals surface area contributed by atoms with Crippen molar-refractivity contribution in [2.45, 2.75) is 25.3 Å². The number of ether oxygens (including phenoxy) is 1. The summed E-state index contributed by atoms with van der Waals surface area (Å²) in [7, 11) is 0.